The summed E-state index contributed by atoms with van der Waals surface area (Å²) in [6.45, 7) is 2.17. The molecule has 40 heavy (non-hydrogen) atoms. The molecule has 2 heterocycles. The van der Waals surface area contributed by atoms with E-state index in [2.05, 4.69) is 4.57 Å². The van der Waals surface area contributed by atoms with Crippen molar-refractivity contribution in [2.45, 2.75) is 26.4 Å². The lowest BCUT2D eigenvalue weighted by molar-refractivity contribution is -0.138. The van der Waals surface area contributed by atoms with E-state index >= 15 is 0 Å². The number of aliphatic carboxylic acids is 1. The molecular formula is C31H29N3O6. The summed E-state index contributed by atoms with van der Waals surface area (Å²) < 4.78 is 18.6. The van der Waals surface area contributed by atoms with Crippen molar-refractivity contribution >= 4 is 23.0 Å². The first-order valence-corrected chi connectivity index (χ1v) is 12.8. The molecule has 0 aliphatic rings. The average Bonchev–Trinajstić information content (AvgIpc) is 3.54. The summed E-state index contributed by atoms with van der Waals surface area (Å²) in [6.07, 6.45) is 1.93. The number of amides is 1. The minimum atomic E-state index is -1.13. The van der Waals surface area contributed by atoms with Crippen LogP contribution in [0, 0.1) is 6.92 Å². The largest absolute Gasteiger partial charge is 0.497 e. The van der Waals surface area contributed by atoms with Crippen LogP contribution in [0.5, 0.6) is 11.5 Å². The van der Waals surface area contributed by atoms with Gasteiger partial charge in [0.25, 0.3) is 0 Å². The molecule has 0 unspecified atom stereocenters. The predicted octanol–water partition coefficient (Wildman–Crippen LogP) is 5.94. The van der Waals surface area contributed by atoms with E-state index in [4.69, 9.17) is 18.9 Å². The van der Waals surface area contributed by atoms with E-state index in [0.717, 1.165) is 38.4 Å². The first kappa shape index (κ1) is 26.6. The zero-order chi connectivity index (χ0) is 28.1. The summed E-state index contributed by atoms with van der Waals surface area (Å²) in [6, 6.07) is 24.1. The first-order chi connectivity index (χ1) is 19.4. The maximum atomic E-state index is 12.9. The number of fused-ring (bicyclic) bond motifs is 1. The van der Waals surface area contributed by atoms with Crippen LogP contribution in [-0.4, -0.2) is 45.3 Å². The molecule has 1 amide bonds. The molecule has 204 valence electrons. The van der Waals surface area contributed by atoms with Crippen molar-refractivity contribution in [3.8, 4) is 23.0 Å². The van der Waals surface area contributed by atoms with Crippen LogP contribution in [0.3, 0.4) is 0 Å². The fourth-order valence-electron chi connectivity index (χ4n) is 4.49. The quantitative estimate of drug-likeness (QED) is 0.234. The highest BCUT2D eigenvalue weighted by atomic mass is 16.6. The van der Waals surface area contributed by atoms with E-state index in [1.54, 1.807) is 31.4 Å². The Labute approximate surface area is 231 Å². The molecule has 0 spiro atoms. The number of aryl methyl sites for hydroxylation is 3. The highest BCUT2D eigenvalue weighted by molar-refractivity contribution is 5.81. The van der Waals surface area contributed by atoms with Crippen LogP contribution in [0.25, 0.3) is 22.4 Å². The zero-order valence-corrected chi connectivity index (χ0v) is 22.2. The van der Waals surface area contributed by atoms with E-state index in [1.807, 2.05) is 67.7 Å². The minimum Gasteiger partial charge on any atom is -0.497 e. The third-order valence-electron chi connectivity index (χ3n) is 6.56. The van der Waals surface area contributed by atoms with Gasteiger partial charge in [-0.15, -0.1) is 0 Å². The SMILES string of the molecule is COc1ccc(OC(=O)N(CC(=O)O)Cc2ccc3ccn(CCc4nc(-c5ccccc5)oc4C)c3c2)cc1. The van der Waals surface area contributed by atoms with Gasteiger partial charge in [0.15, 0.2) is 0 Å². The number of hydrogen-bond donors (Lipinski definition) is 1. The number of carboxylic acids is 1. The van der Waals surface area contributed by atoms with E-state index in [9.17, 15) is 14.7 Å². The number of carbonyl (C=O) groups is 2. The third-order valence-corrected chi connectivity index (χ3v) is 6.56. The Hall–Kier alpha value is -5.05. The second kappa shape index (κ2) is 11.8. The number of methoxy groups -OCH3 is 1. The van der Waals surface area contributed by atoms with Crippen molar-refractivity contribution in [2.24, 2.45) is 0 Å². The number of ether oxygens (including phenoxy) is 2. The van der Waals surface area contributed by atoms with Crippen LogP contribution < -0.4 is 9.47 Å². The Morgan fingerprint density at radius 2 is 1.75 bits per heavy atom. The number of rotatable bonds is 10. The predicted molar refractivity (Wildman–Crippen MR) is 149 cm³/mol. The molecule has 0 bridgehead atoms. The van der Waals surface area contributed by atoms with E-state index in [1.165, 1.54) is 0 Å². The first-order valence-electron chi connectivity index (χ1n) is 12.8. The molecule has 1 N–H and O–H groups in total. The number of carboxylic acid groups (broad SMARTS) is 1. The summed E-state index contributed by atoms with van der Waals surface area (Å²) >= 11 is 0. The Morgan fingerprint density at radius 3 is 2.48 bits per heavy atom. The number of benzene rings is 3. The normalized spacial score (nSPS) is 10.9. The fourth-order valence-corrected chi connectivity index (χ4v) is 4.49. The van der Waals surface area contributed by atoms with Crippen LogP contribution in [0.15, 0.2) is 89.5 Å². The Morgan fingerprint density at radius 1 is 1.00 bits per heavy atom. The van der Waals surface area contributed by atoms with Gasteiger partial charge in [-0.05, 0) is 66.4 Å². The Bertz CT molecular complexity index is 1620. The van der Waals surface area contributed by atoms with Gasteiger partial charge in [0.2, 0.25) is 5.89 Å². The highest BCUT2D eigenvalue weighted by Crippen LogP contribution is 2.24. The zero-order valence-electron chi connectivity index (χ0n) is 22.2. The van der Waals surface area contributed by atoms with Crippen LogP contribution >= 0.6 is 0 Å². The van der Waals surface area contributed by atoms with Gasteiger partial charge in [0.1, 0.15) is 23.8 Å². The molecule has 0 atom stereocenters. The summed E-state index contributed by atoms with van der Waals surface area (Å²) in [7, 11) is 1.54. The average molecular weight is 540 g/mol. The van der Waals surface area contributed by atoms with Gasteiger partial charge in [0, 0.05) is 36.8 Å². The highest BCUT2D eigenvalue weighted by Gasteiger charge is 2.20. The number of aromatic nitrogens is 2. The molecule has 5 aromatic rings. The molecule has 0 saturated heterocycles. The summed E-state index contributed by atoms with van der Waals surface area (Å²) in [5, 5.41) is 10.5. The third kappa shape index (κ3) is 6.15. The lowest BCUT2D eigenvalue weighted by atomic mass is 10.1. The van der Waals surface area contributed by atoms with Gasteiger partial charge in [-0.1, -0.05) is 30.3 Å². The van der Waals surface area contributed by atoms with Crippen molar-refractivity contribution in [2.75, 3.05) is 13.7 Å². The molecule has 0 radical (unpaired) electrons. The van der Waals surface area contributed by atoms with Crippen molar-refractivity contribution < 1.29 is 28.6 Å². The van der Waals surface area contributed by atoms with E-state index in [0.29, 0.717) is 30.4 Å². The van der Waals surface area contributed by atoms with Gasteiger partial charge >= 0.3 is 12.1 Å². The maximum absolute atomic E-state index is 12.9. The molecule has 9 nitrogen and oxygen atoms in total. The second-order valence-electron chi connectivity index (χ2n) is 9.33. The standard InChI is InChI=1S/C31H29N3O6/c1-21-27(32-30(39-21)24-6-4-3-5-7-24)15-17-33-16-14-23-9-8-22(18-28(23)33)19-34(20-29(35)36)31(37)40-26-12-10-25(38-2)11-13-26/h3-14,16,18H,15,17,19-20H2,1-2H3,(H,35,36). The molecule has 0 saturated carbocycles. The molecule has 9 heteroatoms. The second-order valence-corrected chi connectivity index (χ2v) is 9.33. The summed E-state index contributed by atoms with van der Waals surface area (Å²) in [5.41, 5.74) is 3.58. The number of oxazole rings is 1. The van der Waals surface area contributed by atoms with Crippen molar-refractivity contribution in [1.82, 2.24) is 14.5 Å². The van der Waals surface area contributed by atoms with Gasteiger partial charge in [0.05, 0.1) is 12.8 Å². The summed E-state index contributed by atoms with van der Waals surface area (Å²) in [5.74, 6) is 1.18. The number of nitrogens with zero attached hydrogens (tertiary/aromatic N) is 3. The van der Waals surface area contributed by atoms with Crippen molar-refractivity contribution in [3.63, 3.8) is 0 Å². The van der Waals surface area contributed by atoms with Gasteiger partial charge in [-0.3, -0.25) is 9.69 Å². The lowest BCUT2D eigenvalue weighted by Crippen LogP contribution is -2.37. The number of hydrogen-bond acceptors (Lipinski definition) is 6. The van der Waals surface area contributed by atoms with Gasteiger partial charge in [-0.2, -0.15) is 0 Å². The molecular weight excluding hydrogens is 510 g/mol. The molecule has 0 aliphatic heterocycles. The molecule has 0 aliphatic carbocycles. The molecule has 2 aromatic heterocycles. The van der Waals surface area contributed by atoms with Crippen LogP contribution in [0.1, 0.15) is 17.0 Å². The monoisotopic (exact) mass is 539 g/mol. The molecule has 5 rings (SSSR count). The Kier molecular flexibility index (Phi) is 7.82. The van der Waals surface area contributed by atoms with Crippen LogP contribution in [0.2, 0.25) is 0 Å². The molecule has 0 fully saturated rings. The number of carbonyl (C=O) groups excluding carboxylic acids is 1. The van der Waals surface area contributed by atoms with Crippen LogP contribution in [-0.2, 0) is 24.3 Å². The lowest BCUT2D eigenvalue weighted by Gasteiger charge is -2.20. The van der Waals surface area contributed by atoms with Crippen molar-refractivity contribution in [1.29, 1.82) is 0 Å². The Balaban J connectivity index is 1.30. The van der Waals surface area contributed by atoms with Gasteiger partial charge in [-0.25, -0.2) is 9.78 Å². The topological polar surface area (TPSA) is 107 Å². The fraction of sp³-hybridized carbons (Fsp3) is 0.194. The summed E-state index contributed by atoms with van der Waals surface area (Å²) in [4.78, 5) is 30.3. The maximum Gasteiger partial charge on any atom is 0.416 e. The van der Waals surface area contributed by atoms with Crippen LogP contribution in [0.4, 0.5) is 4.79 Å². The van der Waals surface area contributed by atoms with Gasteiger partial charge < -0.3 is 23.6 Å². The van der Waals surface area contributed by atoms with E-state index in [-0.39, 0.29) is 6.54 Å². The van der Waals surface area contributed by atoms with E-state index < -0.39 is 18.6 Å². The smallest absolute Gasteiger partial charge is 0.416 e. The minimum absolute atomic E-state index is 0.0746. The van der Waals surface area contributed by atoms with Crippen molar-refractivity contribution in [3.05, 3.63) is 102 Å². The molecule has 3 aromatic carbocycles.